The van der Waals surface area contributed by atoms with Gasteiger partial charge in [-0.1, -0.05) is 18.2 Å². The molecule has 0 fully saturated rings. The van der Waals surface area contributed by atoms with E-state index in [0.717, 1.165) is 10.6 Å². The predicted molar refractivity (Wildman–Crippen MR) is 115 cm³/mol. The van der Waals surface area contributed by atoms with Gasteiger partial charge in [0.1, 0.15) is 30.0 Å². The largest absolute Gasteiger partial charge is 0.481 e. The fourth-order valence-electron chi connectivity index (χ4n) is 3.17. The average molecular weight is 482 g/mol. The first kappa shape index (κ1) is 25.0. The lowest BCUT2D eigenvalue weighted by Gasteiger charge is -2.19. The Labute approximate surface area is 191 Å². The number of alkyl halides is 3. The van der Waals surface area contributed by atoms with Crippen LogP contribution in [0, 0.1) is 12.7 Å². The second-order valence-corrected chi connectivity index (χ2v) is 7.50. The average Bonchev–Trinajstić information content (AvgIpc) is 3.08. The topological polar surface area (TPSA) is 98.4 Å². The third kappa shape index (κ3) is 4.96. The van der Waals surface area contributed by atoms with Crippen LogP contribution in [0.15, 0.2) is 41.2 Å². The Hall–Kier alpha value is -3.67. The molecule has 34 heavy (non-hydrogen) atoms. The van der Waals surface area contributed by atoms with Crippen LogP contribution in [0.25, 0.3) is 5.69 Å². The summed E-state index contributed by atoms with van der Waals surface area (Å²) in [5.74, 6) is -2.68. The van der Waals surface area contributed by atoms with Crippen LogP contribution in [0.3, 0.4) is 0 Å². The minimum atomic E-state index is -3.25. The Morgan fingerprint density at radius 3 is 2.50 bits per heavy atom. The number of rotatable bonds is 8. The van der Waals surface area contributed by atoms with E-state index >= 15 is 4.39 Å². The first-order valence-electron chi connectivity index (χ1n) is 10.1. The molecule has 2 atom stereocenters. The first-order chi connectivity index (χ1) is 16.0. The van der Waals surface area contributed by atoms with Crippen LogP contribution in [0.4, 0.5) is 23.2 Å². The van der Waals surface area contributed by atoms with E-state index < -0.39 is 59.7 Å². The summed E-state index contributed by atoms with van der Waals surface area (Å²) in [5.41, 5.74) is -0.837. The lowest BCUT2D eigenvalue weighted by Crippen LogP contribution is -2.29. The number of nitrogens with zero attached hydrogens (tertiary/aromatic N) is 3. The smallest absolute Gasteiger partial charge is 0.350 e. The number of carbonyl (C=O) groups is 1. The number of ether oxygens (including phenoxy) is 1. The van der Waals surface area contributed by atoms with Gasteiger partial charge in [0.15, 0.2) is 11.9 Å². The van der Waals surface area contributed by atoms with E-state index in [1.807, 2.05) is 0 Å². The number of aromatic nitrogens is 3. The van der Waals surface area contributed by atoms with Crippen molar-refractivity contribution in [2.24, 2.45) is 7.05 Å². The minimum absolute atomic E-state index is 0.0949. The van der Waals surface area contributed by atoms with Crippen LogP contribution < -0.4 is 15.7 Å². The number of aliphatic hydroxyl groups is 1. The molecule has 3 aromatic rings. The summed E-state index contributed by atoms with van der Waals surface area (Å²) in [7, 11) is 1.29. The highest BCUT2D eigenvalue weighted by Gasteiger charge is 2.28. The highest BCUT2D eigenvalue weighted by molar-refractivity contribution is 6.06. The molecule has 0 spiro atoms. The van der Waals surface area contributed by atoms with Gasteiger partial charge in [0, 0.05) is 18.8 Å². The van der Waals surface area contributed by atoms with Gasteiger partial charge in [-0.2, -0.15) is 4.68 Å². The molecule has 0 aliphatic heterocycles. The standard InChI is InChI=1S/C22H22F4N4O4/c1-11-6-4-5-7-15(11)27-21(32)13-8-14(24)16(9-17(13)34-18(10-23)19(25)26)30-22(33)29(3)20(28-30)12(2)31/h4-9,12,18-19,31H,10H2,1-3H3,(H,27,32)/t12-,18+/m1/s1. The molecule has 2 aromatic carbocycles. The number of halogens is 4. The van der Waals surface area contributed by atoms with Crippen molar-refractivity contribution in [3.8, 4) is 11.4 Å². The molecule has 1 aromatic heterocycles. The third-order valence-corrected chi connectivity index (χ3v) is 5.01. The van der Waals surface area contributed by atoms with Crippen LogP contribution in [-0.4, -0.2) is 44.6 Å². The Bertz CT molecular complexity index is 1260. The number of hydrogen-bond donors (Lipinski definition) is 2. The lowest BCUT2D eigenvalue weighted by molar-refractivity contribution is -0.00159. The molecule has 1 heterocycles. The SMILES string of the molecule is Cc1ccccc1NC(=O)c1cc(F)c(-n2nc([C@@H](C)O)n(C)c2=O)cc1O[C@@H](CF)C(F)F. The molecular formula is C22H22F4N4O4. The van der Waals surface area contributed by atoms with Crippen LogP contribution >= 0.6 is 0 Å². The van der Waals surface area contributed by atoms with Crippen LogP contribution in [0.2, 0.25) is 0 Å². The highest BCUT2D eigenvalue weighted by atomic mass is 19.3. The van der Waals surface area contributed by atoms with Crippen molar-refractivity contribution < 1.29 is 32.2 Å². The molecule has 0 unspecified atom stereocenters. The summed E-state index contributed by atoms with van der Waals surface area (Å²) >= 11 is 0. The Morgan fingerprint density at radius 2 is 1.94 bits per heavy atom. The molecule has 3 rings (SSSR count). The van der Waals surface area contributed by atoms with Crippen molar-refractivity contribution in [1.29, 1.82) is 0 Å². The van der Waals surface area contributed by atoms with Crippen molar-refractivity contribution in [3.63, 3.8) is 0 Å². The van der Waals surface area contributed by atoms with E-state index in [0.29, 0.717) is 22.0 Å². The van der Waals surface area contributed by atoms with Gasteiger partial charge in [0.25, 0.3) is 12.3 Å². The molecule has 8 nitrogen and oxygen atoms in total. The van der Waals surface area contributed by atoms with Crippen molar-refractivity contribution in [3.05, 3.63) is 69.7 Å². The molecule has 12 heteroatoms. The molecule has 0 bridgehead atoms. The van der Waals surface area contributed by atoms with Crippen molar-refractivity contribution in [1.82, 2.24) is 14.3 Å². The predicted octanol–water partition coefficient (Wildman–Crippen LogP) is 3.31. The summed E-state index contributed by atoms with van der Waals surface area (Å²) in [6.45, 7) is 1.46. The van der Waals surface area contributed by atoms with Gasteiger partial charge >= 0.3 is 5.69 Å². The normalized spacial score (nSPS) is 13.1. The van der Waals surface area contributed by atoms with E-state index in [9.17, 15) is 27.9 Å². The molecule has 0 saturated heterocycles. The van der Waals surface area contributed by atoms with Gasteiger partial charge in [0.2, 0.25) is 0 Å². The monoisotopic (exact) mass is 482 g/mol. The first-order valence-corrected chi connectivity index (χ1v) is 10.1. The molecule has 0 aliphatic carbocycles. The molecule has 0 saturated carbocycles. The number of amides is 1. The number of aliphatic hydroxyl groups excluding tert-OH is 1. The van der Waals surface area contributed by atoms with Crippen LogP contribution in [0.1, 0.15) is 34.8 Å². The number of carbonyl (C=O) groups excluding carboxylic acids is 1. The fourth-order valence-corrected chi connectivity index (χ4v) is 3.17. The quantitative estimate of drug-likeness (QED) is 0.480. The van der Waals surface area contributed by atoms with E-state index in [-0.39, 0.29) is 5.82 Å². The Balaban J connectivity index is 2.14. The van der Waals surface area contributed by atoms with E-state index in [1.165, 1.54) is 14.0 Å². The number of anilines is 1. The van der Waals surface area contributed by atoms with Crippen LogP contribution in [0.5, 0.6) is 5.75 Å². The maximum absolute atomic E-state index is 15.1. The summed E-state index contributed by atoms with van der Waals surface area (Å²) in [5, 5.41) is 16.2. The van der Waals surface area contributed by atoms with Gasteiger partial charge < -0.3 is 15.2 Å². The van der Waals surface area contributed by atoms with Crippen molar-refractivity contribution in [2.75, 3.05) is 12.0 Å². The highest BCUT2D eigenvalue weighted by Crippen LogP contribution is 2.29. The lowest BCUT2D eigenvalue weighted by atomic mass is 10.1. The van der Waals surface area contributed by atoms with Gasteiger partial charge in [-0.25, -0.2) is 22.4 Å². The number of nitrogens with one attached hydrogen (secondary N) is 1. The van der Waals surface area contributed by atoms with Crippen LogP contribution in [-0.2, 0) is 7.05 Å². The van der Waals surface area contributed by atoms with E-state index in [4.69, 9.17) is 4.74 Å². The molecular weight excluding hydrogens is 460 g/mol. The zero-order valence-corrected chi connectivity index (χ0v) is 18.4. The number of aryl methyl sites for hydroxylation is 1. The maximum Gasteiger partial charge on any atom is 0.350 e. The zero-order chi connectivity index (χ0) is 25.2. The van der Waals surface area contributed by atoms with E-state index in [1.54, 1.807) is 31.2 Å². The number of para-hydroxylation sites is 1. The summed E-state index contributed by atoms with van der Waals surface area (Å²) in [4.78, 5) is 25.4. The molecule has 0 aliphatic rings. The second kappa shape index (κ2) is 10.1. The summed E-state index contributed by atoms with van der Waals surface area (Å²) < 4.78 is 61.2. The Morgan fingerprint density at radius 1 is 1.26 bits per heavy atom. The summed E-state index contributed by atoms with van der Waals surface area (Å²) in [6, 6.07) is 8.16. The van der Waals surface area contributed by atoms with Gasteiger partial charge in [-0.3, -0.25) is 9.36 Å². The van der Waals surface area contributed by atoms with Gasteiger partial charge in [-0.05, 0) is 31.5 Å². The molecule has 182 valence electrons. The fraction of sp³-hybridized carbons (Fsp3) is 0.318. The third-order valence-electron chi connectivity index (χ3n) is 5.01. The summed E-state index contributed by atoms with van der Waals surface area (Å²) in [6.07, 6.45) is -6.66. The molecule has 2 N–H and O–H groups in total. The van der Waals surface area contributed by atoms with Gasteiger partial charge in [-0.15, -0.1) is 5.10 Å². The van der Waals surface area contributed by atoms with Crippen molar-refractivity contribution in [2.45, 2.75) is 32.5 Å². The molecule has 0 radical (unpaired) electrons. The molecule has 1 amide bonds. The second-order valence-electron chi connectivity index (χ2n) is 7.50. The number of benzene rings is 2. The van der Waals surface area contributed by atoms with Crippen molar-refractivity contribution >= 4 is 11.6 Å². The van der Waals surface area contributed by atoms with E-state index in [2.05, 4.69) is 10.4 Å². The maximum atomic E-state index is 15.1. The Kier molecular flexibility index (Phi) is 7.40. The minimum Gasteiger partial charge on any atom is -0.481 e. The zero-order valence-electron chi connectivity index (χ0n) is 18.4. The number of hydrogen-bond acceptors (Lipinski definition) is 5. The van der Waals surface area contributed by atoms with Gasteiger partial charge in [0.05, 0.1) is 5.56 Å².